The van der Waals surface area contributed by atoms with Gasteiger partial charge < -0.3 is 14.5 Å². The van der Waals surface area contributed by atoms with Gasteiger partial charge in [0.15, 0.2) is 0 Å². The second kappa shape index (κ2) is 12.6. The summed E-state index contributed by atoms with van der Waals surface area (Å²) in [4.78, 5) is 18.2. The average molecular weight is 532 g/mol. The van der Waals surface area contributed by atoms with Gasteiger partial charge in [-0.3, -0.25) is 9.47 Å². The van der Waals surface area contributed by atoms with Gasteiger partial charge in [0.25, 0.3) is 0 Å². The average Bonchev–Trinajstić information content (AvgIpc) is 3.08. The Labute approximate surface area is 229 Å². The fourth-order valence-electron chi connectivity index (χ4n) is 5.56. The molecule has 1 fully saturated rings. The van der Waals surface area contributed by atoms with E-state index in [0.29, 0.717) is 18.9 Å². The second-order valence-electron chi connectivity index (χ2n) is 9.96. The number of fused-ring (bicyclic) bond motifs is 2. The highest BCUT2D eigenvalue weighted by atomic mass is 19.1. The van der Waals surface area contributed by atoms with Crippen molar-refractivity contribution in [2.45, 2.75) is 46.1 Å². The lowest BCUT2D eigenvalue weighted by Gasteiger charge is -2.26. The highest BCUT2D eigenvalue weighted by molar-refractivity contribution is 5.96. The van der Waals surface area contributed by atoms with Crippen LogP contribution in [0.15, 0.2) is 64.5 Å². The quantitative estimate of drug-likeness (QED) is 0.427. The Morgan fingerprint density at radius 1 is 1.08 bits per heavy atom. The molecule has 3 aromatic rings. The number of hydrogen-bond donors (Lipinski definition) is 1. The topological polar surface area (TPSA) is 59.5 Å². The van der Waals surface area contributed by atoms with Crippen molar-refractivity contribution in [3.63, 3.8) is 0 Å². The van der Waals surface area contributed by atoms with Crippen LogP contribution in [0, 0.1) is 5.82 Å². The number of aryl methyl sites for hydroxylation is 1. The van der Waals surface area contributed by atoms with E-state index in [1.165, 1.54) is 17.7 Å². The van der Waals surface area contributed by atoms with E-state index in [-0.39, 0.29) is 11.5 Å². The minimum atomic E-state index is -0.306. The Balaban J connectivity index is 0.00000151. The third-order valence-corrected chi connectivity index (χ3v) is 7.51. The van der Waals surface area contributed by atoms with Crippen LogP contribution in [0.1, 0.15) is 50.7 Å². The van der Waals surface area contributed by atoms with E-state index in [0.717, 1.165) is 91.8 Å². The molecule has 2 aliphatic heterocycles. The molecule has 0 unspecified atom stereocenters. The first-order valence-corrected chi connectivity index (χ1v) is 14.2. The molecule has 0 atom stereocenters. The van der Waals surface area contributed by atoms with Crippen LogP contribution in [-0.2, 0) is 11.3 Å². The maximum absolute atomic E-state index is 14.1. The molecule has 1 saturated heterocycles. The number of allylic oxidation sites excluding steroid dienone is 4. The number of H-pyrrole nitrogens is 1. The first-order chi connectivity index (χ1) is 19.2. The number of imidazole rings is 1. The van der Waals surface area contributed by atoms with E-state index in [4.69, 9.17) is 9.47 Å². The fraction of sp³-hybridized carbons (Fsp3) is 0.406. The van der Waals surface area contributed by atoms with Crippen molar-refractivity contribution in [3.8, 4) is 5.75 Å². The van der Waals surface area contributed by atoms with E-state index >= 15 is 0 Å². The lowest BCUT2D eigenvalue weighted by Crippen LogP contribution is -2.37. The lowest BCUT2D eigenvalue weighted by atomic mass is 9.91. The summed E-state index contributed by atoms with van der Waals surface area (Å²) >= 11 is 0. The molecule has 0 amide bonds. The van der Waals surface area contributed by atoms with Crippen LogP contribution < -0.4 is 10.4 Å². The number of aromatic nitrogens is 2. The highest BCUT2D eigenvalue weighted by Crippen LogP contribution is 2.40. The summed E-state index contributed by atoms with van der Waals surface area (Å²) in [5.41, 5.74) is 6.91. The predicted octanol–water partition coefficient (Wildman–Crippen LogP) is 6.19. The maximum Gasteiger partial charge on any atom is 0.326 e. The smallest absolute Gasteiger partial charge is 0.326 e. The van der Waals surface area contributed by atoms with Crippen molar-refractivity contribution in [1.82, 2.24) is 14.5 Å². The minimum Gasteiger partial charge on any atom is -0.488 e. The van der Waals surface area contributed by atoms with Crippen molar-refractivity contribution in [2.75, 3.05) is 39.5 Å². The SMILES string of the molecule is CC.O=c1[nH]c2cc(/C=C3\C4=C(CCCC=C4)COc4cc(F)ccc43)ccc2n1CCCN1CCOCC1. The van der Waals surface area contributed by atoms with Gasteiger partial charge in [0, 0.05) is 37.8 Å². The Hall–Kier alpha value is -3.42. The molecule has 7 heteroatoms. The van der Waals surface area contributed by atoms with E-state index < -0.39 is 0 Å². The Morgan fingerprint density at radius 2 is 1.92 bits per heavy atom. The summed E-state index contributed by atoms with van der Waals surface area (Å²) in [7, 11) is 0. The zero-order valence-corrected chi connectivity index (χ0v) is 23.0. The molecular formula is C32H38FN3O3. The number of nitrogens with one attached hydrogen (secondary N) is 1. The highest BCUT2D eigenvalue weighted by Gasteiger charge is 2.22. The first kappa shape index (κ1) is 27.2. The number of benzene rings is 2. The van der Waals surface area contributed by atoms with Crippen LogP contribution in [0.5, 0.6) is 5.75 Å². The molecule has 1 aromatic heterocycles. The van der Waals surface area contributed by atoms with E-state index in [2.05, 4.69) is 34.2 Å². The Kier molecular flexibility index (Phi) is 8.79. The minimum absolute atomic E-state index is 0.0813. The monoisotopic (exact) mass is 531 g/mol. The molecule has 1 N–H and O–H groups in total. The van der Waals surface area contributed by atoms with Gasteiger partial charge in [-0.05, 0) is 78.3 Å². The second-order valence-corrected chi connectivity index (χ2v) is 9.96. The van der Waals surface area contributed by atoms with E-state index in [1.54, 1.807) is 6.07 Å². The molecule has 0 saturated carbocycles. The zero-order valence-electron chi connectivity index (χ0n) is 23.0. The van der Waals surface area contributed by atoms with E-state index in [1.807, 2.05) is 30.5 Å². The van der Waals surface area contributed by atoms with Gasteiger partial charge in [-0.15, -0.1) is 0 Å². The molecule has 6 nitrogen and oxygen atoms in total. The molecule has 3 heterocycles. The van der Waals surface area contributed by atoms with Crippen molar-refractivity contribution in [2.24, 2.45) is 0 Å². The number of aromatic amines is 1. The van der Waals surface area contributed by atoms with Gasteiger partial charge in [-0.1, -0.05) is 32.1 Å². The van der Waals surface area contributed by atoms with Gasteiger partial charge in [0.1, 0.15) is 18.2 Å². The molecule has 39 heavy (non-hydrogen) atoms. The van der Waals surface area contributed by atoms with Crippen molar-refractivity contribution in [3.05, 3.63) is 87.1 Å². The van der Waals surface area contributed by atoms with Gasteiger partial charge in [0.2, 0.25) is 0 Å². The summed E-state index contributed by atoms with van der Waals surface area (Å²) in [5, 5.41) is 0. The molecular weight excluding hydrogens is 493 g/mol. The van der Waals surface area contributed by atoms with Crippen LogP contribution in [0.25, 0.3) is 22.7 Å². The lowest BCUT2D eigenvalue weighted by molar-refractivity contribution is 0.0369. The standard InChI is InChI=1S/C30H32FN3O3.C2H6/c31-23-8-9-25-26(24-6-3-1-2-5-22(24)20-37-29(25)19-23)17-21-7-10-28-27(18-21)32-30(35)34(28)12-4-11-33-13-15-36-16-14-33;1-2/h3,6-10,17-19H,1-2,4-5,11-16,20H2,(H,32,35);1-2H3/b26-17+;. The zero-order chi connectivity index (χ0) is 27.2. The Morgan fingerprint density at radius 3 is 2.77 bits per heavy atom. The van der Waals surface area contributed by atoms with Crippen molar-refractivity contribution in [1.29, 1.82) is 0 Å². The predicted molar refractivity (Wildman–Crippen MR) is 156 cm³/mol. The van der Waals surface area contributed by atoms with Crippen LogP contribution in [0.3, 0.4) is 0 Å². The molecule has 0 radical (unpaired) electrons. The van der Waals surface area contributed by atoms with E-state index in [9.17, 15) is 9.18 Å². The summed E-state index contributed by atoms with van der Waals surface area (Å²) in [6, 6.07) is 10.9. The number of halogens is 1. The first-order valence-electron chi connectivity index (χ1n) is 14.2. The van der Waals surface area contributed by atoms with Gasteiger partial charge in [-0.25, -0.2) is 9.18 Å². The summed E-state index contributed by atoms with van der Waals surface area (Å²) in [6.07, 6.45) is 10.5. The Bertz CT molecular complexity index is 1460. The number of hydrogen-bond acceptors (Lipinski definition) is 4. The van der Waals surface area contributed by atoms with Gasteiger partial charge >= 0.3 is 5.69 Å². The number of morpholine rings is 1. The summed E-state index contributed by atoms with van der Waals surface area (Å²) in [6.45, 7) is 9.57. The van der Waals surface area contributed by atoms with Crippen LogP contribution in [0.2, 0.25) is 0 Å². The van der Waals surface area contributed by atoms with Crippen LogP contribution in [0.4, 0.5) is 4.39 Å². The molecule has 0 bridgehead atoms. The molecule has 1 aliphatic carbocycles. The maximum atomic E-state index is 14.1. The van der Waals surface area contributed by atoms with Crippen LogP contribution in [-0.4, -0.2) is 53.9 Å². The van der Waals surface area contributed by atoms with Crippen molar-refractivity contribution < 1.29 is 13.9 Å². The molecule has 6 rings (SSSR count). The van der Waals surface area contributed by atoms with Gasteiger partial charge in [-0.2, -0.15) is 0 Å². The van der Waals surface area contributed by atoms with Gasteiger partial charge in [0.05, 0.1) is 24.2 Å². The normalized spacial score (nSPS) is 18.6. The summed E-state index contributed by atoms with van der Waals surface area (Å²) in [5.74, 6) is 0.258. The third-order valence-electron chi connectivity index (χ3n) is 7.51. The summed E-state index contributed by atoms with van der Waals surface area (Å²) < 4.78 is 27.4. The molecule has 3 aliphatic rings. The van der Waals surface area contributed by atoms with Crippen LogP contribution >= 0.6 is 0 Å². The van der Waals surface area contributed by atoms with Crippen molar-refractivity contribution >= 4 is 22.7 Å². The molecule has 2 aromatic carbocycles. The number of ether oxygens (including phenoxy) is 2. The number of rotatable bonds is 5. The molecule has 0 spiro atoms. The molecule has 206 valence electrons. The number of nitrogens with zero attached hydrogens (tertiary/aromatic N) is 2. The largest absolute Gasteiger partial charge is 0.488 e. The fourth-order valence-corrected chi connectivity index (χ4v) is 5.56. The third kappa shape index (κ3) is 6.10.